The number of aromatic hydroxyl groups is 5. The average molecular weight is 570 g/mol. The number of methoxy groups -OCH3 is 1. The third kappa shape index (κ3) is 3.21. The Hall–Kier alpha value is -5.58. The third-order valence-electron chi connectivity index (χ3n) is 8.08. The Morgan fingerprint density at radius 1 is 0.833 bits per heavy atom. The van der Waals surface area contributed by atoms with Crippen LogP contribution in [0.3, 0.4) is 0 Å². The average Bonchev–Trinajstić information content (AvgIpc) is 3.34. The summed E-state index contributed by atoms with van der Waals surface area (Å²) in [6, 6.07) is 4.11. The zero-order valence-corrected chi connectivity index (χ0v) is 22.2. The molecule has 2 aliphatic rings. The van der Waals surface area contributed by atoms with Crippen molar-refractivity contribution in [2.75, 3.05) is 7.11 Å². The van der Waals surface area contributed by atoms with Crippen LogP contribution >= 0.6 is 0 Å². The van der Waals surface area contributed by atoms with E-state index in [2.05, 4.69) is 4.98 Å². The summed E-state index contributed by atoms with van der Waals surface area (Å²) in [6.07, 6.45) is 6.71. The Balaban J connectivity index is 1.65. The van der Waals surface area contributed by atoms with Crippen molar-refractivity contribution < 1.29 is 44.7 Å². The number of Topliss-reactive ketones (excluding diaryl/α,β-unsaturated/α-hetero) is 3. The van der Waals surface area contributed by atoms with Gasteiger partial charge in [-0.05, 0) is 42.9 Å². The number of phenolic OH excluding ortho intramolecular Hbond substituents is 5. The summed E-state index contributed by atoms with van der Waals surface area (Å²) in [5, 5.41) is 53.9. The minimum Gasteiger partial charge on any atom is -0.507 e. The second-order valence-corrected chi connectivity index (χ2v) is 10.2. The highest BCUT2D eigenvalue weighted by Crippen LogP contribution is 2.57. The second kappa shape index (κ2) is 8.96. The number of aryl methyl sites for hydroxylation is 1. The van der Waals surface area contributed by atoms with Crippen LogP contribution < -0.4 is 10.3 Å². The standard InChI is InChI=1S/C31H23NO10/c1-3-4-5-6-14-10-13-9-12-7-8-31(22(12)26(37)17(13)30(41)32-14)28(39)21-20(27(38)29(31)40)24(35)18-15(33)11-16(42-2)23(34)19(18)25(21)36/h3-6,9-11,33-37H,7-8H2,1-2H3,(H,32,41)/b4-3+,6-5+/t31-/m1/s1. The predicted octanol–water partition coefficient (Wildman–Crippen LogP) is 3.64. The summed E-state index contributed by atoms with van der Waals surface area (Å²) < 4.78 is 5.00. The number of phenols is 5. The molecule has 2 aliphatic carbocycles. The maximum absolute atomic E-state index is 14.3. The number of rotatable bonds is 3. The molecule has 42 heavy (non-hydrogen) atoms. The van der Waals surface area contributed by atoms with Gasteiger partial charge in [-0.25, -0.2) is 0 Å². The van der Waals surface area contributed by atoms with Gasteiger partial charge in [-0.15, -0.1) is 0 Å². The summed E-state index contributed by atoms with van der Waals surface area (Å²) in [5.41, 5.74) is -4.07. The summed E-state index contributed by atoms with van der Waals surface area (Å²) in [6.45, 7) is 1.83. The van der Waals surface area contributed by atoms with E-state index in [-0.39, 0.29) is 29.5 Å². The van der Waals surface area contributed by atoms with Gasteiger partial charge in [0.1, 0.15) is 28.4 Å². The highest BCUT2D eigenvalue weighted by atomic mass is 16.5. The normalized spacial score (nSPS) is 18.2. The van der Waals surface area contributed by atoms with E-state index in [0.29, 0.717) is 16.6 Å². The van der Waals surface area contributed by atoms with E-state index < -0.39 is 79.0 Å². The summed E-state index contributed by atoms with van der Waals surface area (Å²) >= 11 is 0. The van der Waals surface area contributed by atoms with Crippen LogP contribution in [0.25, 0.3) is 27.6 Å². The number of hydrogen-bond donors (Lipinski definition) is 6. The molecule has 4 aromatic rings. The molecule has 1 spiro atoms. The molecule has 0 saturated carbocycles. The van der Waals surface area contributed by atoms with Gasteiger partial charge in [-0.3, -0.25) is 19.2 Å². The molecular formula is C31H23NO10. The van der Waals surface area contributed by atoms with E-state index in [9.17, 15) is 44.7 Å². The van der Waals surface area contributed by atoms with Crippen LogP contribution in [0.15, 0.2) is 41.2 Å². The van der Waals surface area contributed by atoms with Crippen molar-refractivity contribution in [3.05, 3.63) is 74.7 Å². The molecule has 3 aromatic carbocycles. The monoisotopic (exact) mass is 569 g/mol. The molecule has 6 rings (SSSR count). The quantitative estimate of drug-likeness (QED) is 0.0918. The van der Waals surface area contributed by atoms with Crippen molar-refractivity contribution in [3.8, 4) is 34.5 Å². The first kappa shape index (κ1) is 26.6. The third-order valence-corrected chi connectivity index (χ3v) is 8.08. The van der Waals surface area contributed by atoms with Crippen molar-refractivity contribution >= 4 is 45.0 Å². The van der Waals surface area contributed by atoms with E-state index in [1.807, 2.05) is 6.92 Å². The molecule has 6 N–H and O–H groups in total. The zero-order chi connectivity index (χ0) is 30.2. The Morgan fingerprint density at radius 3 is 2.24 bits per heavy atom. The van der Waals surface area contributed by atoms with Gasteiger partial charge in [0.15, 0.2) is 17.3 Å². The molecule has 1 aromatic heterocycles. The Bertz CT molecular complexity index is 2070. The topological polar surface area (TPSA) is 194 Å². The van der Waals surface area contributed by atoms with E-state index >= 15 is 0 Å². The predicted molar refractivity (Wildman–Crippen MR) is 151 cm³/mol. The molecule has 0 unspecified atom stereocenters. The number of benzene rings is 3. The lowest BCUT2D eigenvalue weighted by atomic mass is 9.64. The van der Waals surface area contributed by atoms with Crippen molar-refractivity contribution in [1.29, 1.82) is 0 Å². The molecular weight excluding hydrogens is 546 g/mol. The van der Waals surface area contributed by atoms with Gasteiger partial charge in [-0.2, -0.15) is 0 Å². The van der Waals surface area contributed by atoms with Crippen molar-refractivity contribution in [2.24, 2.45) is 0 Å². The minimum atomic E-state index is -2.32. The molecule has 11 heteroatoms. The number of H-pyrrole nitrogens is 1. The molecule has 0 radical (unpaired) electrons. The van der Waals surface area contributed by atoms with Crippen LogP contribution in [-0.4, -0.2) is 55.0 Å². The van der Waals surface area contributed by atoms with E-state index in [0.717, 1.165) is 6.07 Å². The number of carbonyl (C=O) groups excluding carboxylic acids is 3. The molecule has 11 nitrogen and oxygen atoms in total. The maximum atomic E-state index is 14.3. The fourth-order valence-electron chi connectivity index (χ4n) is 6.24. The molecule has 0 fully saturated rings. The number of pyridine rings is 1. The largest absolute Gasteiger partial charge is 0.507 e. The lowest BCUT2D eigenvalue weighted by Crippen LogP contribution is -2.50. The van der Waals surface area contributed by atoms with E-state index in [1.165, 1.54) is 7.11 Å². The van der Waals surface area contributed by atoms with Gasteiger partial charge in [0.25, 0.3) is 5.56 Å². The zero-order valence-electron chi connectivity index (χ0n) is 22.2. The molecule has 0 bridgehead atoms. The second-order valence-electron chi connectivity index (χ2n) is 10.2. The van der Waals surface area contributed by atoms with Crippen LogP contribution in [0.4, 0.5) is 0 Å². The Kier molecular flexibility index (Phi) is 5.68. The number of carbonyl (C=O) groups is 3. The number of nitrogens with one attached hydrogen (secondary N) is 1. The number of fused-ring (bicyclic) bond motifs is 5. The van der Waals surface area contributed by atoms with Crippen molar-refractivity contribution in [2.45, 2.75) is 25.2 Å². The minimum absolute atomic E-state index is 0.0651. The first-order valence-corrected chi connectivity index (χ1v) is 12.9. The smallest absolute Gasteiger partial charge is 0.260 e. The highest BCUT2D eigenvalue weighted by molar-refractivity contribution is 6.57. The number of aromatic nitrogens is 1. The molecule has 0 amide bonds. The van der Waals surface area contributed by atoms with Gasteiger partial charge in [0.05, 0.1) is 34.4 Å². The van der Waals surface area contributed by atoms with Gasteiger partial charge < -0.3 is 35.3 Å². The highest BCUT2D eigenvalue weighted by Gasteiger charge is 2.60. The van der Waals surface area contributed by atoms with Crippen LogP contribution in [0, 0.1) is 0 Å². The van der Waals surface area contributed by atoms with Crippen molar-refractivity contribution in [3.63, 3.8) is 0 Å². The molecule has 0 saturated heterocycles. The lowest BCUT2D eigenvalue weighted by molar-refractivity contribution is -0.119. The van der Waals surface area contributed by atoms with Crippen molar-refractivity contribution in [1.82, 2.24) is 4.98 Å². The lowest BCUT2D eigenvalue weighted by Gasteiger charge is -2.33. The summed E-state index contributed by atoms with van der Waals surface area (Å²) in [7, 11) is 1.17. The van der Waals surface area contributed by atoms with Gasteiger partial charge in [-0.1, -0.05) is 24.3 Å². The Labute approximate surface area is 236 Å². The first-order valence-electron chi connectivity index (χ1n) is 12.9. The molecule has 212 valence electrons. The molecule has 1 atom stereocenters. The molecule has 0 aliphatic heterocycles. The summed E-state index contributed by atoms with van der Waals surface area (Å²) in [5.74, 6) is -8.10. The first-order chi connectivity index (χ1) is 20.0. The maximum Gasteiger partial charge on any atom is 0.260 e. The van der Waals surface area contributed by atoms with Gasteiger partial charge >= 0.3 is 0 Å². The van der Waals surface area contributed by atoms with Gasteiger partial charge in [0.2, 0.25) is 11.6 Å². The number of ketones is 3. The Morgan fingerprint density at radius 2 is 1.55 bits per heavy atom. The fraction of sp³-hybridized carbons (Fsp3) is 0.161. The fourth-order valence-corrected chi connectivity index (χ4v) is 6.24. The van der Waals surface area contributed by atoms with Crippen LogP contribution in [0.5, 0.6) is 34.5 Å². The van der Waals surface area contributed by atoms with Crippen LogP contribution in [-0.2, 0) is 16.6 Å². The SMILES string of the molecule is C/C=C/C=C/c1cc2cc3c(c(O)c2c(=O)[nH]1)[C@@]1(CC3)C(=O)C(=O)c2c(c(O)c3c(O)c(OC)cc(O)c3c2O)C1=O. The number of allylic oxidation sites excluding steroid dienone is 3. The number of ether oxygens (including phenoxy) is 1. The summed E-state index contributed by atoms with van der Waals surface area (Å²) in [4.78, 5) is 57.4. The van der Waals surface area contributed by atoms with Crippen LogP contribution in [0.2, 0.25) is 0 Å². The molecule has 1 heterocycles. The number of hydrogen-bond acceptors (Lipinski definition) is 10. The number of aromatic amines is 1. The van der Waals surface area contributed by atoms with E-state index in [1.54, 1.807) is 36.4 Å². The van der Waals surface area contributed by atoms with Crippen LogP contribution in [0.1, 0.15) is 50.9 Å². The van der Waals surface area contributed by atoms with E-state index in [4.69, 9.17) is 4.74 Å². The van der Waals surface area contributed by atoms with Gasteiger partial charge in [0, 0.05) is 17.3 Å².